The van der Waals surface area contributed by atoms with E-state index in [1.165, 1.54) is 12.1 Å². The molecule has 5 heteroatoms. The molecule has 0 fully saturated rings. The van der Waals surface area contributed by atoms with Crippen molar-refractivity contribution in [1.29, 1.82) is 0 Å². The highest BCUT2D eigenvalue weighted by molar-refractivity contribution is 6.31. The van der Waals surface area contributed by atoms with Crippen molar-refractivity contribution in [3.8, 4) is 0 Å². The number of ether oxygens (including phenoxy) is 1. The lowest BCUT2D eigenvalue weighted by molar-refractivity contribution is 0.0344. The molecule has 90 valence electrons. The van der Waals surface area contributed by atoms with E-state index in [1.807, 2.05) is 13.8 Å². The van der Waals surface area contributed by atoms with Gasteiger partial charge in [0.15, 0.2) is 0 Å². The normalized spacial score (nSPS) is 11.6. The van der Waals surface area contributed by atoms with Gasteiger partial charge in [-0.3, -0.25) is 0 Å². The number of hydrogen-bond donors (Lipinski definition) is 2. The van der Waals surface area contributed by atoms with E-state index in [0.717, 1.165) is 0 Å². The van der Waals surface area contributed by atoms with E-state index in [1.54, 1.807) is 7.11 Å². The van der Waals surface area contributed by atoms with Gasteiger partial charge >= 0.3 is 0 Å². The molecule has 0 saturated heterocycles. The highest BCUT2D eigenvalue weighted by Crippen LogP contribution is 2.26. The molecule has 0 bridgehead atoms. The first-order valence-electron chi connectivity index (χ1n) is 4.89. The van der Waals surface area contributed by atoms with Crippen LogP contribution in [0.15, 0.2) is 12.1 Å². The van der Waals surface area contributed by atoms with Gasteiger partial charge in [0, 0.05) is 19.7 Å². The van der Waals surface area contributed by atoms with Crippen molar-refractivity contribution in [1.82, 2.24) is 0 Å². The van der Waals surface area contributed by atoms with Gasteiger partial charge in [0.1, 0.15) is 5.82 Å². The topological polar surface area (TPSA) is 47.3 Å². The quantitative estimate of drug-likeness (QED) is 0.803. The molecular weight excluding hydrogens is 231 g/mol. The Morgan fingerprint density at radius 3 is 2.69 bits per heavy atom. The lowest BCUT2D eigenvalue weighted by Crippen LogP contribution is -2.32. The van der Waals surface area contributed by atoms with Crippen LogP contribution >= 0.6 is 11.6 Å². The molecule has 3 nitrogen and oxygen atoms in total. The maximum absolute atomic E-state index is 13.0. The molecule has 3 N–H and O–H groups in total. The fraction of sp³-hybridized carbons (Fsp3) is 0.455. The van der Waals surface area contributed by atoms with Crippen LogP contribution in [0.2, 0.25) is 5.02 Å². The fourth-order valence-corrected chi connectivity index (χ4v) is 1.26. The smallest absolute Gasteiger partial charge is 0.143 e. The number of hydrogen-bond acceptors (Lipinski definition) is 3. The highest BCUT2D eigenvalue weighted by Gasteiger charge is 2.16. The van der Waals surface area contributed by atoms with Gasteiger partial charge in [-0.15, -0.1) is 0 Å². The van der Waals surface area contributed by atoms with Crippen LogP contribution in [0.4, 0.5) is 15.8 Å². The van der Waals surface area contributed by atoms with Crippen molar-refractivity contribution in [2.24, 2.45) is 0 Å². The summed E-state index contributed by atoms with van der Waals surface area (Å²) < 4.78 is 18.3. The maximum Gasteiger partial charge on any atom is 0.143 e. The van der Waals surface area contributed by atoms with Gasteiger partial charge in [0.05, 0.1) is 22.0 Å². The summed E-state index contributed by atoms with van der Waals surface area (Å²) in [4.78, 5) is 0. The highest BCUT2D eigenvalue weighted by atomic mass is 35.5. The second-order valence-corrected chi connectivity index (χ2v) is 4.58. The predicted molar refractivity (Wildman–Crippen MR) is 65.4 cm³/mol. The SMILES string of the molecule is COC(C)(C)CNc1cc(Cl)c(F)cc1N. The van der Waals surface area contributed by atoms with Crippen molar-refractivity contribution >= 4 is 23.0 Å². The largest absolute Gasteiger partial charge is 0.397 e. The van der Waals surface area contributed by atoms with Crippen LogP contribution in [0.3, 0.4) is 0 Å². The van der Waals surface area contributed by atoms with Gasteiger partial charge in [-0.2, -0.15) is 0 Å². The number of benzene rings is 1. The first kappa shape index (κ1) is 13.1. The van der Waals surface area contributed by atoms with Crippen LogP contribution < -0.4 is 11.1 Å². The average molecular weight is 247 g/mol. The van der Waals surface area contributed by atoms with Crippen LogP contribution in [0, 0.1) is 5.82 Å². The molecule has 0 aliphatic rings. The zero-order valence-corrected chi connectivity index (χ0v) is 10.4. The molecule has 1 aromatic rings. The molecule has 0 heterocycles. The van der Waals surface area contributed by atoms with E-state index < -0.39 is 5.82 Å². The molecule has 0 unspecified atom stereocenters. The Morgan fingerprint density at radius 2 is 2.12 bits per heavy atom. The standard InChI is InChI=1S/C11H16ClFN2O/c1-11(2,16-3)6-15-10-4-7(12)8(13)5-9(10)14/h4-5,15H,6,14H2,1-3H3. The van der Waals surface area contributed by atoms with Crippen LogP contribution in [-0.4, -0.2) is 19.3 Å². The summed E-state index contributed by atoms with van der Waals surface area (Å²) in [5, 5.41) is 3.12. The van der Waals surface area contributed by atoms with Gasteiger partial charge in [-0.25, -0.2) is 4.39 Å². The molecule has 0 atom stereocenters. The first-order chi connectivity index (χ1) is 7.35. The number of methoxy groups -OCH3 is 1. The Balaban J connectivity index is 2.79. The summed E-state index contributed by atoms with van der Waals surface area (Å²) in [6, 6.07) is 2.67. The van der Waals surface area contributed by atoms with E-state index in [2.05, 4.69) is 5.32 Å². The lowest BCUT2D eigenvalue weighted by Gasteiger charge is -2.24. The second kappa shape index (κ2) is 4.89. The molecule has 1 aromatic carbocycles. The Bertz CT molecular complexity index is 382. The van der Waals surface area contributed by atoms with Crippen LogP contribution in [0.1, 0.15) is 13.8 Å². The third-order valence-electron chi connectivity index (χ3n) is 2.35. The summed E-state index contributed by atoms with van der Waals surface area (Å²) >= 11 is 5.67. The molecule has 0 spiro atoms. The van der Waals surface area contributed by atoms with Crippen molar-refractivity contribution < 1.29 is 9.13 Å². The number of anilines is 2. The van der Waals surface area contributed by atoms with Crippen LogP contribution in [-0.2, 0) is 4.74 Å². The zero-order chi connectivity index (χ0) is 12.3. The molecule has 0 aliphatic carbocycles. The van der Waals surface area contributed by atoms with Crippen molar-refractivity contribution in [2.45, 2.75) is 19.4 Å². The third kappa shape index (κ3) is 3.25. The average Bonchev–Trinajstić information content (AvgIpc) is 2.22. The van der Waals surface area contributed by atoms with E-state index in [-0.39, 0.29) is 10.6 Å². The van der Waals surface area contributed by atoms with Gasteiger partial charge in [0.25, 0.3) is 0 Å². The van der Waals surface area contributed by atoms with Crippen LogP contribution in [0.5, 0.6) is 0 Å². The summed E-state index contributed by atoms with van der Waals surface area (Å²) in [5.74, 6) is -0.518. The molecule has 0 aromatic heterocycles. The molecule has 16 heavy (non-hydrogen) atoms. The van der Waals surface area contributed by atoms with Crippen molar-refractivity contribution in [3.63, 3.8) is 0 Å². The van der Waals surface area contributed by atoms with E-state index in [0.29, 0.717) is 17.9 Å². The number of nitrogens with one attached hydrogen (secondary N) is 1. The van der Waals surface area contributed by atoms with Gasteiger partial charge in [0.2, 0.25) is 0 Å². The van der Waals surface area contributed by atoms with Crippen molar-refractivity contribution in [3.05, 3.63) is 23.0 Å². The Hall–Kier alpha value is -1.00. The number of rotatable bonds is 4. The fourth-order valence-electron chi connectivity index (χ4n) is 1.10. The van der Waals surface area contributed by atoms with Crippen LogP contribution in [0.25, 0.3) is 0 Å². The number of nitrogens with two attached hydrogens (primary N) is 1. The molecule has 0 amide bonds. The van der Waals surface area contributed by atoms with E-state index >= 15 is 0 Å². The summed E-state index contributed by atoms with van der Waals surface area (Å²) in [6.45, 7) is 4.41. The first-order valence-corrected chi connectivity index (χ1v) is 5.27. The molecular formula is C11H16ClFN2O. The van der Waals surface area contributed by atoms with E-state index in [4.69, 9.17) is 22.1 Å². The van der Waals surface area contributed by atoms with Gasteiger partial charge in [-0.05, 0) is 19.9 Å². The van der Waals surface area contributed by atoms with E-state index in [9.17, 15) is 4.39 Å². The Labute approximate surface area is 99.7 Å². The summed E-state index contributed by atoms with van der Waals surface area (Å²) in [7, 11) is 1.63. The van der Waals surface area contributed by atoms with Crippen molar-refractivity contribution in [2.75, 3.05) is 24.7 Å². The maximum atomic E-state index is 13.0. The van der Waals surface area contributed by atoms with Gasteiger partial charge < -0.3 is 15.8 Å². The summed E-state index contributed by atoms with van der Waals surface area (Å²) in [6.07, 6.45) is 0. The zero-order valence-electron chi connectivity index (χ0n) is 9.60. The summed E-state index contributed by atoms with van der Waals surface area (Å²) in [5.41, 5.74) is 6.27. The predicted octanol–water partition coefficient (Wildman–Crippen LogP) is 2.90. The lowest BCUT2D eigenvalue weighted by atomic mass is 10.1. The molecule has 0 radical (unpaired) electrons. The minimum Gasteiger partial charge on any atom is -0.397 e. The minimum absolute atomic E-state index is 0.0481. The number of halogens is 2. The number of nitrogen functional groups attached to an aromatic ring is 1. The second-order valence-electron chi connectivity index (χ2n) is 4.17. The molecule has 1 rings (SSSR count). The van der Waals surface area contributed by atoms with Gasteiger partial charge in [-0.1, -0.05) is 11.6 Å². The Morgan fingerprint density at radius 1 is 1.50 bits per heavy atom. The minimum atomic E-state index is -0.518. The Kier molecular flexibility index (Phi) is 3.99. The third-order valence-corrected chi connectivity index (χ3v) is 2.64. The monoisotopic (exact) mass is 246 g/mol. The molecule has 0 saturated carbocycles. The molecule has 0 aliphatic heterocycles.